The van der Waals surface area contributed by atoms with Crippen LogP contribution in [0.15, 0.2) is 0 Å². The minimum Gasteiger partial charge on any atom is -0.275 e. The van der Waals surface area contributed by atoms with E-state index in [9.17, 15) is 9.59 Å². The smallest absolute Gasteiger partial charge is 0.275 e. The first-order chi connectivity index (χ1) is 4.20. The molecule has 1 rings (SSSR count). The molecule has 0 saturated carbocycles. The summed E-state index contributed by atoms with van der Waals surface area (Å²) in [6.07, 6.45) is 0. The van der Waals surface area contributed by atoms with Gasteiger partial charge in [-0.05, 0) is 0 Å². The van der Waals surface area contributed by atoms with Gasteiger partial charge in [0.15, 0.2) is 4.95 Å². The number of nitrogens with one attached hydrogen (secondary N) is 3. The van der Waals surface area contributed by atoms with Gasteiger partial charge in [0.25, 0.3) is 5.91 Å². The maximum Gasteiger partial charge on any atom is 0.335 e. The molecule has 5 nitrogen and oxygen atoms in total. The van der Waals surface area contributed by atoms with Crippen LogP contribution in [0.2, 0.25) is 0 Å². The quantitative estimate of drug-likeness (QED) is 0.344. The molecule has 1 atom stereocenters. The highest BCUT2D eigenvalue weighted by Crippen LogP contribution is 1.94. The van der Waals surface area contributed by atoms with Crippen molar-refractivity contribution in [1.82, 2.24) is 16.2 Å². The molecule has 6 heteroatoms. The van der Waals surface area contributed by atoms with Crippen LogP contribution in [0.5, 0.6) is 0 Å². The fourth-order valence-corrected chi connectivity index (χ4v) is 0.630. The predicted molar refractivity (Wildman–Crippen MR) is 32.5 cm³/mol. The molecule has 50 valence electrons. The summed E-state index contributed by atoms with van der Waals surface area (Å²) >= 11 is 2.94. The van der Waals surface area contributed by atoms with E-state index in [0.29, 0.717) is 0 Å². The highest BCUT2D eigenvalue weighted by Gasteiger charge is 2.21. The Hall–Kier alpha value is -0.620. The highest BCUT2D eigenvalue weighted by molar-refractivity contribution is 9.10. The molecule has 0 aromatic rings. The Balaban J connectivity index is 2.54. The zero-order valence-corrected chi connectivity index (χ0v) is 5.86. The normalized spacial score (nSPS) is 27.0. The fourth-order valence-electron chi connectivity index (χ4n) is 0.401. The summed E-state index contributed by atoms with van der Waals surface area (Å²) in [6.45, 7) is 0. The number of halogens is 1. The maximum atomic E-state index is 10.5. The molecule has 3 N–H and O–H groups in total. The van der Waals surface area contributed by atoms with E-state index in [1.165, 1.54) is 0 Å². The Morgan fingerprint density at radius 1 is 1.44 bits per heavy atom. The summed E-state index contributed by atoms with van der Waals surface area (Å²) in [5.41, 5.74) is 4.58. The number of urea groups is 1. The van der Waals surface area contributed by atoms with Crippen molar-refractivity contribution in [2.45, 2.75) is 4.95 Å². The van der Waals surface area contributed by atoms with Crippen LogP contribution in [0.3, 0.4) is 0 Å². The van der Waals surface area contributed by atoms with Gasteiger partial charge in [0, 0.05) is 0 Å². The second-order valence-corrected chi connectivity index (χ2v) is 2.37. The lowest BCUT2D eigenvalue weighted by molar-refractivity contribution is -0.120. The molecule has 1 aliphatic rings. The molecule has 1 fully saturated rings. The van der Waals surface area contributed by atoms with Gasteiger partial charge in [0.05, 0.1) is 0 Å². The van der Waals surface area contributed by atoms with Gasteiger partial charge < -0.3 is 0 Å². The highest BCUT2D eigenvalue weighted by atomic mass is 79.9. The minimum atomic E-state index is -0.532. The number of hydrogen-bond acceptors (Lipinski definition) is 3. The van der Waals surface area contributed by atoms with E-state index < -0.39 is 16.9 Å². The zero-order chi connectivity index (χ0) is 6.85. The molecular formula is C3H4BrN3O2. The van der Waals surface area contributed by atoms with E-state index in [4.69, 9.17) is 0 Å². The lowest BCUT2D eigenvalue weighted by Gasteiger charge is -2.17. The molecule has 3 amide bonds. The number of rotatable bonds is 0. The first-order valence-electron chi connectivity index (χ1n) is 2.20. The molecule has 1 heterocycles. The van der Waals surface area contributed by atoms with Crippen molar-refractivity contribution in [3.63, 3.8) is 0 Å². The number of carbonyl (C=O) groups excluding carboxylic acids is 2. The molecule has 0 unspecified atom stereocenters. The third kappa shape index (κ3) is 1.39. The van der Waals surface area contributed by atoms with Crippen LogP contribution < -0.4 is 16.2 Å². The number of alkyl halides is 1. The van der Waals surface area contributed by atoms with Crippen LogP contribution in [0.1, 0.15) is 0 Å². The standard InChI is InChI=1S/C3H4BrN3O2/c4-1-2(8)5-3(9)7-6-1/h1,6H,(H2,5,7,8,9)/t1-/m1/s1. The van der Waals surface area contributed by atoms with Crippen LogP contribution in [0.4, 0.5) is 4.79 Å². The molecule has 1 saturated heterocycles. The predicted octanol–water partition coefficient (Wildman–Crippen LogP) is -0.949. The first kappa shape index (κ1) is 6.50. The van der Waals surface area contributed by atoms with Crippen molar-refractivity contribution >= 4 is 27.9 Å². The van der Waals surface area contributed by atoms with Crippen LogP contribution in [-0.2, 0) is 4.79 Å². The molecule has 0 aliphatic carbocycles. The Kier molecular flexibility index (Phi) is 1.68. The third-order valence-corrected chi connectivity index (χ3v) is 1.42. The molecule has 0 radical (unpaired) electrons. The molecule has 9 heavy (non-hydrogen) atoms. The monoisotopic (exact) mass is 193 g/mol. The Bertz CT molecular complexity index is 159. The molecule has 1 aliphatic heterocycles. The van der Waals surface area contributed by atoms with Gasteiger partial charge in [0.1, 0.15) is 0 Å². The van der Waals surface area contributed by atoms with Crippen molar-refractivity contribution in [2.24, 2.45) is 0 Å². The van der Waals surface area contributed by atoms with Gasteiger partial charge in [-0.15, -0.1) is 0 Å². The van der Waals surface area contributed by atoms with Crippen molar-refractivity contribution in [2.75, 3.05) is 0 Å². The van der Waals surface area contributed by atoms with E-state index in [1.807, 2.05) is 5.32 Å². The van der Waals surface area contributed by atoms with Crippen LogP contribution >= 0.6 is 15.9 Å². The summed E-state index contributed by atoms with van der Waals surface area (Å²) in [5.74, 6) is -0.390. The summed E-state index contributed by atoms with van der Waals surface area (Å²) in [7, 11) is 0. The van der Waals surface area contributed by atoms with Gasteiger partial charge in [0.2, 0.25) is 0 Å². The average molecular weight is 194 g/mol. The number of hydrogen-bond donors (Lipinski definition) is 3. The van der Waals surface area contributed by atoms with Crippen molar-refractivity contribution < 1.29 is 9.59 Å². The molecule has 0 aromatic heterocycles. The third-order valence-electron chi connectivity index (χ3n) is 0.779. The first-order valence-corrected chi connectivity index (χ1v) is 3.12. The maximum absolute atomic E-state index is 10.5. The number of imide groups is 1. The van der Waals surface area contributed by atoms with Gasteiger partial charge in [-0.1, -0.05) is 15.9 Å². The van der Waals surface area contributed by atoms with Gasteiger partial charge >= 0.3 is 6.03 Å². The molecule has 0 spiro atoms. The molecule has 0 bridgehead atoms. The lowest BCUT2D eigenvalue weighted by Crippen LogP contribution is -2.60. The second-order valence-electron chi connectivity index (χ2n) is 1.45. The topological polar surface area (TPSA) is 70.2 Å². The lowest BCUT2D eigenvalue weighted by atomic mass is 10.6. The Morgan fingerprint density at radius 2 is 2.11 bits per heavy atom. The largest absolute Gasteiger partial charge is 0.335 e. The van der Waals surface area contributed by atoms with Crippen LogP contribution in [0.25, 0.3) is 0 Å². The van der Waals surface area contributed by atoms with E-state index >= 15 is 0 Å². The summed E-state index contributed by atoms with van der Waals surface area (Å²) < 4.78 is 0. The Labute approximate surface area is 59.3 Å². The van der Waals surface area contributed by atoms with E-state index in [0.717, 1.165) is 0 Å². The van der Waals surface area contributed by atoms with Gasteiger partial charge in [-0.3, -0.25) is 15.5 Å². The van der Waals surface area contributed by atoms with Crippen molar-refractivity contribution in [3.8, 4) is 0 Å². The van der Waals surface area contributed by atoms with Gasteiger partial charge in [-0.2, -0.15) is 0 Å². The van der Waals surface area contributed by atoms with E-state index in [1.54, 1.807) is 0 Å². The van der Waals surface area contributed by atoms with Crippen LogP contribution in [-0.4, -0.2) is 16.9 Å². The SMILES string of the molecule is O=C1NN[C@@H](Br)C(=O)N1. The summed E-state index contributed by atoms with van der Waals surface area (Å²) in [5, 5.41) is 2.03. The molecule has 0 aromatic carbocycles. The molecular weight excluding hydrogens is 190 g/mol. The average Bonchev–Trinajstić information content (AvgIpc) is 1.80. The van der Waals surface area contributed by atoms with Crippen molar-refractivity contribution in [1.29, 1.82) is 0 Å². The number of hydrazine groups is 1. The summed E-state index contributed by atoms with van der Waals surface area (Å²) in [4.78, 5) is 20.3. The van der Waals surface area contributed by atoms with Gasteiger partial charge in [-0.25, -0.2) is 10.2 Å². The fraction of sp³-hybridized carbons (Fsp3) is 0.333. The zero-order valence-electron chi connectivity index (χ0n) is 4.27. The Morgan fingerprint density at radius 3 is 2.56 bits per heavy atom. The van der Waals surface area contributed by atoms with E-state index in [2.05, 4.69) is 26.8 Å². The van der Waals surface area contributed by atoms with E-state index in [-0.39, 0.29) is 0 Å². The van der Waals surface area contributed by atoms with Crippen molar-refractivity contribution in [3.05, 3.63) is 0 Å². The number of amides is 3. The second kappa shape index (κ2) is 2.32. The summed E-state index contributed by atoms with van der Waals surface area (Å²) in [6, 6.07) is -0.532. The van der Waals surface area contributed by atoms with Crippen LogP contribution in [0, 0.1) is 0 Å². The number of carbonyl (C=O) groups is 2. The minimum absolute atomic E-state index is 0.390.